The quantitative estimate of drug-likeness (QED) is 0.735. The van der Waals surface area contributed by atoms with E-state index in [1.54, 1.807) is 13.2 Å². The first-order valence-electron chi connectivity index (χ1n) is 5.05. The van der Waals surface area contributed by atoms with Crippen molar-refractivity contribution < 1.29 is 24.2 Å². The molecule has 1 amide bonds. The van der Waals surface area contributed by atoms with E-state index in [9.17, 15) is 9.59 Å². The molecule has 2 N–H and O–H groups in total. The maximum absolute atomic E-state index is 11.8. The summed E-state index contributed by atoms with van der Waals surface area (Å²) < 4.78 is 10.3. The minimum atomic E-state index is -1.07. The van der Waals surface area contributed by atoms with Crippen LogP contribution in [-0.4, -0.2) is 48.2 Å². The highest BCUT2D eigenvalue weighted by Crippen LogP contribution is 2.13. The molecule has 0 aromatic heterocycles. The third kappa shape index (κ3) is 3.85. The molecule has 96 valence electrons. The van der Waals surface area contributed by atoms with Gasteiger partial charge in [0.2, 0.25) is 5.76 Å². The first kappa shape index (κ1) is 13.7. The number of hydrogen-bond donors (Lipinski definition) is 2. The largest absolute Gasteiger partial charge is 0.491 e. The Bertz CT molecular complexity index is 342. The van der Waals surface area contributed by atoms with Crippen LogP contribution in [0, 0.1) is 0 Å². The third-order valence-electron chi connectivity index (χ3n) is 2.11. The van der Waals surface area contributed by atoms with Crippen LogP contribution in [0.2, 0.25) is 0 Å². The average Bonchev–Trinajstić information content (AvgIpc) is 2.28. The fraction of sp³-hybridized carbons (Fsp3) is 0.600. The minimum absolute atomic E-state index is 0.0589. The van der Waals surface area contributed by atoms with Crippen molar-refractivity contribution in [3.8, 4) is 0 Å². The molecule has 1 aliphatic heterocycles. The molecule has 0 unspecified atom stereocenters. The van der Waals surface area contributed by atoms with Crippen LogP contribution in [0.5, 0.6) is 0 Å². The van der Waals surface area contributed by atoms with Crippen molar-refractivity contribution >= 4 is 23.6 Å². The first-order valence-corrected chi connectivity index (χ1v) is 6.44. The lowest BCUT2D eigenvalue weighted by Crippen LogP contribution is -2.44. The predicted molar refractivity (Wildman–Crippen MR) is 62.6 cm³/mol. The molecule has 17 heavy (non-hydrogen) atoms. The zero-order valence-electron chi connectivity index (χ0n) is 9.69. The molecule has 7 heteroatoms. The van der Waals surface area contributed by atoms with Crippen LogP contribution in [0.1, 0.15) is 6.92 Å². The molecule has 6 nitrogen and oxygen atoms in total. The summed E-state index contributed by atoms with van der Waals surface area (Å²) in [5.74, 6) is -0.883. The Balaban J connectivity index is 2.66. The van der Waals surface area contributed by atoms with E-state index in [1.165, 1.54) is 11.8 Å². The number of rotatable bonds is 5. The number of thioether (sulfide) groups is 1. The molecular formula is C10H15NO5S. The van der Waals surface area contributed by atoms with Gasteiger partial charge < -0.3 is 19.9 Å². The summed E-state index contributed by atoms with van der Waals surface area (Å²) in [6, 6.07) is -0.927. The van der Waals surface area contributed by atoms with E-state index in [1.807, 2.05) is 0 Å². The van der Waals surface area contributed by atoms with E-state index < -0.39 is 17.9 Å². The second-order valence-electron chi connectivity index (χ2n) is 3.40. The summed E-state index contributed by atoms with van der Waals surface area (Å²) in [7, 11) is 0. The molecule has 1 rings (SSSR count). The highest BCUT2D eigenvalue weighted by molar-refractivity contribution is 7.98. The number of carboxylic acids is 1. The molecule has 1 atom stereocenters. The van der Waals surface area contributed by atoms with Gasteiger partial charge in [-0.3, -0.25) is 4.79 Å². The van der Waals surface area contributed by atoms with Gasteiger partial charge in [0.15, 0.2) is 0 Å². The van der Waals surface area contributed by atoms with Gasteiger partial charge in [0.25, 0.3) is 5.91 Å². The Kier molecular flexibility index (Phi) is 5.14. The Morgan fingerprint density at radius 2 is 2.12 bits per heavy atom. The van der Waals surface area contributed by atoms with E-state index in [0.29, 0.717) is 24.7 Å². The smallest absolute Gasteiger partial charge is 0.327 e. The summed E-state index contributed by atoms with van der Waals surface area (Å²) in [5.41, 5.74) is 0. The molecule has 0 bridgehead atoms. The van der Waals surface area contributed by atoms with Crippen molar-refractivity contribution in [2.45, 2.75) is 13.0 Å². The van der Waals surface area contributed by atoms with Crippen molar-refractivity contribution in [3.63, 3.8) is 0 Å². The van der Waals surface area contributed by atoms with Gasteiger partial charge in [-0.15, -0.1) is 0 Å². The summed E-state index contributed by atoms with van der Waals surface area (Å²) in [6.45, 7) is 2.30. The molecule has 0 aromatic carbocycles. The van der Waals surface area contributed by atoms with Gasteiger partial charge >= 0.3 is 5.97 Å². The number of carboxylic acid groups (broad SMARTS) is 1. The zero-order chi connectivity index (χ0) is 12.8. The summed E-state index contributed by atoms with van der Waals surface area (Å²) in [4.78, 5) is 22.6. The number of ether oxygens (including phenoxy) is 2. The van der Waals surface area contributed by atoms with Crippen molar-refractivity contribution in [1.82, 2.24) is 5.32 Å². The molecule has 1 aliphatic rings. The van der Waals surface area contributed by atoms with Crippen LogP contribution in [0.15, 0.2) is 11.5 Å². The third-order valence-corrected chi connectivity index (χ3v) is 2.78. The van der Waals surface area contributed by atoms with E-state index >= 15 is 0 Å². The van der Waals surface area contributed by atoms with Gasteiger partial charge in [0, 0.05) is 5.75 Å². The van der Waals surface area contributed by atoms with Crippen molar-refractivity contribution in [1.29, 1.82) is 0 Å². The molecular weight excluding hydrogens is 246 g/mol. The fourth-order valence-electron chi connectivity index (χ4n) is 1.30. The Morgan fingerprint density at radius 3 is 2.65 bits per heavy atom. The Labute approximate surface area is 103 Å². The van der Waals surface area contributed by atoms with Crippen molar-refractivity contribution in [2.24, 2.45) is 0 Å². The second kappa shape index (κ2) is 6.39. The molecule has 0 saturated carbocycles. The lowest BCUT2D eigenvalue weighted by atomic mass is 10.3. The van der Waals surface area contributed by atoms with Crippen LogP contribution in [0.25, 0.3) is 0 Å². The van der Waals surface area contributed by atoms with E-state index in [4.69, 9.17) is 14.6 Å². The van der Waals surface area contributed by atoms with E-state index in [-0.39, 0.29) is 5.76 Å². The average molecular weight is 261 g/mol. The number of allylic oxidation sites excluding steroid dienone is 1. The number of hydrogen-bond acceptors (Lipinski definition) is 5. The van der Waals surface area contributed by atoms with Gasteiger partial charge in [0.05, 0.1) is 0 Å². The first-order chi connectivity index (χ1) is 8.06. The van der Waals surface area contributed by atoms with Gasteiger partial charge in [-0.05, 0) is 13.2 Å². The minimum Gasteiger partial charge on any atom is -0.491 e. The van der Waals surface area contributed by atoms with Crippen LogP contribution >= 0.6 is 11.8 Å². The number of aliphatic carboxylic acids is 1. The predicted octanol–water partition coefficient (Wildman–Crippen LogP) is 0.197. The molecule has 0 spiro atoms. The van der Waals surface area contributed by atoms with Crippen molar-refractivity contribution in [3.05, 3.63) is 11.5 Å². The van der Waals surface area contributed by atoms with Crippen molar-refractivity contribution in [2.75, 3.05) is 25.2 Å². The maximum Gasteiger partial charge on any atom is 0.327 e. The number of carbonyl (C=O) groups excluding carboxylic acids is 1. The number of nitrogens with one attached hydrogen (secondary N) is 1. The molecule has 0 aliphatic carbocycles. The molecule has 0 fully saturated rings. The molecule has 0 aromatic rings. The highest BCUT2D eigenvalue weighted by Gasteiger charge is 2.25. The van der Waals surface area contributed by atoms with E-state index in [0.717, 1.165) is 0 Å². The van der Waals surface area contributed by atoms with Crippen LogP contribution in [-0.2, 0) is 19.1 Å². The standard InChI is InChI=1S/C10H15NO5S/c1-6-8(16-4-3-15-6)9(12)11-7(5-17-2)10(13)14/h7H,3-5H2,1-2H3,(H,11,12)(H,13,14)/t7-/m0/s1. The highest BCUT2D eigenvalue weighted by atomic mass is 32.2. The van der Waals surface area contributed by atoms with Gasteiger partial charge in [-0.1, -0.05) is 0 Å². The lowest BCUT2D eigenvalue weighted by Gasteiger charge is -2.20. The van der Waals surface area contributed by atoms with E-state index in [2.05, 4.69) is 5.32 Å². The number of amides is 1. The monoisotopic (exact) mass is 261 g/mol. The fourth-order valence-corrected chi connectivity index (χ4v) is 1.86. The summed E-state index contributed by atoms with van der Waals surface area (Å²) in [6.07, 6.45) is 1.77. The summed E-state index contributed by atoms with van der Waals surface area (Å²) >= 11 is 1.34. The maximum atomic E-state index is 11.8. The molecule has 0 saturated heterocycles. The molecule has 1 heterocycles. The topological polar surface area (TPSA) is 84.9 Å². The number of carbonyl (C=O) groups is 2. The normalized spacial score (nSPS) is 16.8. The Morgan fingerprint density at radius 1 is 1.47 bits per heavy atom. The molecule has 0 radical (unpaired) electrons. The zero-order valence-corrected chi connectivity index (χ0v) is 10.5. The van der Waals surface area contributed by atoms with Gasteiger partial charge in [0.1, 0.15) is 25.0 Å². The van der Waals surface area contributed by atoms with Crippen LogP contribution < -0.4 is 5.32 Å². The second-order valence-corrected chi connectivity index (χ2v) is 4.31. The van der Waals surface area contributed by atoms with Crippen LogP contribution in [0.4, 0.5) is 0 Å². The Hall–Kier alpha value is -1.37. The summed E-state index contributed by atoms with van der Waals surface area (Å²) in [5, 5.41) is 11.3. The van der Waals surface area contributed by atoms with Gasteiger partial charge in [-0.2, -0.15) is 11.8 Å². The van der Waals surface area contributed by atoms with Gasteiger partial charge in [-0.25, -0.2) is 4.79 Å². The lowest BCUT2D eigenvalue weighted by molar-refractivity contribution is -0.141. The van der Waals surface area contributed by atoms with Crippen LogP contribution in [0.3, 0.4) is 0 Å². The SMILES string of the molecule is CSC[C@H](NC(=O)C1=C(C)OCCO1)C(=O)O.